The van der Waals surface area contributed by atoms with E-state index in [-0.39, 0.29) is 65.7 Å². The second-order valence-corrected chi connectivity index (χ2v) is 11.2. The largest absolute Gasteiger partial charge is 0.481 e. The Hall–Kier alpha value is -1.96. The summed E-state index contributed by atoms with van der Waals surface area (Å²) in [6.45, 7) is 4.18. The van der Waals surface area contributed by atoms with Gasteiger partial charge in [-0.3, -0.25) is 19.2 Å². The number of Topliss-reactive ketones (excluding diaryl/α,β-unsaturated/α-hetero) is 1. The van der Waals surface area contributed by atoms with Crippen LogP contribution in [0.2, 0.25) is 0 Å². The molecule has 33 heavy (non-hydrogen) atoms. The van der Waals surface area contributed by atoms with E-state index in [4.69, 9.17) is 14.6 Å². The molecule has 0 aromatic rings. The summed E-state index contributed by atoms with van der Waals surface area (Å²) < 4.78 is 10.6. The summed E-state index contributed by atoms with van der Waals surface area (Å²) in [4.78, 5) is 48.7. The Bertz CT molecular complexity index is 838. The first-order valence-corrected chi connectivity index (χ1v) is 12.2. The molecular weight excluding hydrogens is 428 g/mol. The number of esters is 2. The highest BCUT2D eigenvalue weighted by Gasteiger charge is 2.66. The standard InChI is InChI=1S/C25H36O8/c1-24-9-8-14(33-21(30)7-6-20(28)29)10-13(24)11-18(26)22-15-4-5-16(23(31)32-3)25(15,2)19(27)12-17(22)24/h13-17,19,22,27H,4-12H2,1-3H3,(H,28,29)/t13-,14-,15+,16-,17+,19+,22+,24+,25+/m1/s1. The number of rotatable bonds is 5. The molecule has 4 saturated carbocycles. The number of ether oxygens (including phenoxy) is 2. The summed E-state index contributed by atoms with van der Waals surface area (Å²) >= 11 is 0. The molecule has 4 aliphatic rings. The molecule has 2 N–H and O–H groups in total. The van der Waals surface area contributed by atoms with Crippen molar-refractivity contribution in [2.75, 3.05) is 7.11 Å². The number of carbonyl (C=O) groups is 4. The number of aliphatic carboxylic acids is 1. The van der Waals surface area contributed by atoms with E-state index in [1.807, 2.05) is 6.92 Å². The van der Waals surface area contributed by atoms with E-state index in [0.29, 0.717) is 32.1 Å². The van der Waals surface area contributed by atoms with Crippen molar-refractivity contribution in [3.8, 4) is 0 Å². The summed E-state index contributed by atoms with van der Waals surface area (Å²) in [5.74, 6) is -2.11. The fraction of sp³-hybridized carbons (Fsp3) is 0.840. The third kappa shape index (κ3) is 3.88. The average molecular weight is 465 g/mol. The zero-order valence-electron chi connectivity index (χ0n) is 19.7. The van der Waals surface area contributed by atoms with Crippen LogP contribution in [-0.4, -0.2) is 53.2 Å². The number of aliphatic hydroxyl groups is 1. The molecule has 184 valence electrons. The Kier molecular flexibility index (Phi) is 6.35. The van der Waals surface area contributed by atoms with Crippen molar-refractivity contribution in [2.45, 2.75) is 83.8 Å². The highest BCUT2D eigenvalue weighted by molar-refractivity contribution is 5.84. The Morgan fingerprint density at radius 2 is 1.79 bits per heavy atom. The molecule has 0 bridgehead atoms. The molecule has 4 fully saturated rings. The van der Waals surface area contributed by atoms with E-state index < -0.39 is 23.5 Å². The fourth-order valence-corrected chi connectivity index (χ4v) is 7.96. The maximum Gasteiger partial charge on any atom is 0.309 e. The van der Waals surface area contributed by atoms with Crippen LogP contribution in [0, 0.1) is 40.4 Å². The SMILES string of the molecule is COC(=O)[C@H]1CC[C@H]2[C@@H]3C(=O)C[C@H]4C[C@H](OC(=O)CCC(=O)O)CC[C@]4(C)[C@H]3C[C@H](O)[C@]12C. The highest BCUT2D eigenvalue weighted by atomic mass is 16.5. The maximum atomic E-state index is 13.5. The Balaban J connectivity index is 1.51. The second-order valence-electron chi connectivity index (χ2n) is 11.2. The summed E-state index contributed by atoms with van der Waals surface area (Å²) in [6, 6.07) is 0. The van der Waals surface area contributed by atoms with Gasteiger partial charge in [-0.1, -0.05) is 13.8 Å². The lowest BCUT2D eigenvalue weighted by atomic mass is 9.43. The monoisotopic (exact) mass is 464 g/mol. The van der Waals surface area contributed by atoms with Gasteiger partial charge in [0.05, 0.1) is 32.0 Å². The molecule has 0 amide bonds. The smallest absolute Gasteiger partial charge is 0.309 e. The molecule has 4 aliphatic carbocycles. The van der Waals surface area contributed by atoms with Gasteiger partial charge in [0.15, 0.2) is 0 Å². The van der Waals surface area contributed by atoms with Crippen molar-refractivity contribution < 1.29 is 38.9 Å². The van der Waals surface area contributed by atoms with Gasteiger partial charge >= 0.3 is 17.9 Å². The summed E-state index contributed by atoms with van der Waals surface area (Å²) in [6.07, 6.45) is 2.97. The summed E-state index contributed by atoms with van der Waals surface area (Å²) in [5, 5.41) is 20.1. The zero-order chi connectivity index (χ0) is 24.1. The number of methoxy groups -OCH3 is 1. The summed E-state index contributed by atoms with van der Waals surface area (Å²) in [7, 11) is 1.38. The van der Waals surface area contributed by atoms with Crippen molar-refractivity contribution in [2.24, 2.45) is 40.4 Å². The quantitative estimate of drug-likeness (QED) is 0.595. The molecule has 9 atom stereocenters. The average Bonchev–Trinajstić information content (AvgIpc) is 3.12. The van der Waals surface area contributed by atoms with Gasteiger partial charge in [-0.05, 0) is 61.7 Å². The van der Waals surface area contributed by atoms with Crippen molar-refractivity contribution >= 4 is 23.7 Å². The van der Waals surface area contributed by atoms with Crippen LogP contribution >= 0.6 is 0 Å². The molecule has 0 unspecified atom stereocenters. The predicted molar refractivity (Wildman–Crippen MR) is 116 cm³/mol. The van der Waals surface area contributed by atoms with Gasteiger partial charge in [0.1, 0.15) is 11.9 Å². The first-order chi connectivity index (χ1) is 15.5. The van der Waals surface area contributed by atoms with E-state index in [2.05, 4.69) is 6.92 Å². The van der Waals surface area contributed by atoms with Crippen LogP contribution in [0.1, 0.15) is 71.6 Å². The third-order valence-corrected chi connectivity index (χ3v) is 9.86. The third-order valence-electron chi connectivity index (χ3n) is 9.86. The Morgan fingerprint density at radius 3 is 2.45 bits per heavy atom. The van der Waals surface area contributed by atoms with E-state index in [9.17, 15) is 24.3 Å². The second kappa shape index (κ2) is 8.67. The number of carboxylic acids is 1. The molecule has 8 nitrogen and oxygen atoms in total. The van der Waals surface area contributed by atoms with E-state index in [1.165, 1.54) is 7.11 Å². The van der Waals surface area contributed by atoms with Crippen LogP contribution in [0.15, 0.2) is 0 Å². The molecule has 0 spiro atoms. The van der Waals surface area contributed by atoms with Crippen LogP contribution in [0.3, 0.4) is 0 Å². The fourth-order valence-electron chi connectivity index (χ4n) is 7.96. The van der Waals surface area contributed by atoms with Gasteiger partial charge in [0.2, 0.25) is 0 Å². The predicted octanol–water partition coefficient (Wildman–Crippen LogP) is 2.74. The lowest BCUT2D eigenvalue weighted by Gasteiger charge is -2.61. The minimum atomic E-state index is -1.03. The lowest BCUT2D eigenvalue weighted by Crippen LogP contribution is -2.61. The molecule has 4 rings (SSSR count). The molecule has 0 radical (unpaired) electrons. The lowest BCUT2D eigenvalue weighted by molar-refractivity contribution is -0.189. The van der Waals surface area contributed by atoms with Crippen molar-refractivity contribution in [1.82, 2.24) is 0 Å². The first kappa shape index (κ1) is 24.2. The zero-order valence-corrected chi connectivity index (χ0v) is 19.7. The van der Waals surface area contributed by atoms with Gasteiger partial charge in [0.25, 0.3) is 0 Å². The molecule has 0 aromatic heterocycles. The van der Waals surface area contributed by atoms with Crippen molar-refractivity contribution in [1.29, 1.82) is 0 Å². The molecular formula is C25H36O8. The Morgan fingerprint density at radius 1 is 1.06 bits per heavy atom. The van der Waals surface area contributed by atoms with Crippen LogP contribution in [-0.2, 0) is 28.7 Å². The normalized spacial score (nSPS) is 44.2. The minimum Gasteiger partial charge on any atom is -0.481 e. The van der Waals surface area contributed by atoms with Crippen LogP contribution in [0.4, 0.5) is 0 Å². The number of hydrogen-bond acceptors (Lipinski definition) is 7. The molecule has 0 heterocycles. The van der Waals surface area contributed by atoms with Crippen LogP contribution < -0.4 is 0 Å². The molecule has 0 aliphatic heterocycles. The highest BCUT2D eigenvalue weighted by Crippen LogP contribution is 2.66. The maximum absolute atomic E-state index is 13.5. The molecule has 0 saturated heterocycles. The van der Waals surface area contributed by atoms with E-state index in [1.54, 1.807) is 0 Å². The van der Waals surface area contributed by atoms with Gasteiger partial charge in [-0.25, -0.2) is 0 Å². The van der Waals surface area contributed by atoms with Crippen LogP contribution in [0.5, 0.6) is 0 Å². The number of carboxylic acid groups (broad SMARTS) is 1. The van der Waals surface area contributed by atoms with Gasteiger partial charge in [0, 0.05) is 17.8 Å². The van der Waals surface area contributed by atoms with Crippen molar-refractivity contribution in [3.05, 3.63) is 0 Å². The molecule has 8 heteroatoms. The van der Waals surface area contributed by atoms with E-state index in [0.717, 1.165) is 12.8 Å². The van der Waals surface area contributed by atoms with Crippen LogP contribution in [0.25, 0.3) is 0 Å². The first-order valence-electron chi connectivity index (χ1n) is 12.2. The van der Waals surface area contributed by atoms with Gasteiger partial charge < -0.3 is 19.7 Å². The number of carbonyl (C=O) groups excluding carboxylic acids is 3. The minimum absolute atomic E-state index is 0.0350. The number of hydrogen-bond donors (Lipinski definition) is 2. The molecule has 0 aromatic carbocycles. The Labute approximate surface area is 194 Å². The number of fused-ring (bicyclic) bond motifs is 5. The summed E-state index contributed by atoms with van der Waals surface area (Å²) in [5.41, 5.74) is -0.793. The van der Waals surface area contributed by atoms with Gasteiger partial charge in [-0.2, -0.15) is 0 Å². The van der Waals surface area contributed by atoms with E-state index >= 15 is 0 Å². The van der Waals surface area contributed by atoms with Crippen molar-refractivity contribution in [3.63, 3.8) is 0 Å². The number of ketones is 1. The van der Waals surface area contributed by atoms with Gasteiger partial charge in [-0.15, -0.1) is 0 Å². The topological polar surface area (TPSA) is 127 Å². The number of aliphatic hydroxyl groups excluding tert-OH is 1.